The number of pyridine rings is 2. The summed E-state index contributed by atoms with van der Waals surface area (Å²) in [6.07, 6.45) is 6.94. The molecule has 5 rings (SSSR count). The maximum Gasteiger partial charge on any atom is 0.255 e. The van der Waals surface area contributed by atoms with E-state index in [4.69, 9.17) is 15.2 Å². The Morgan fingerprint density at radius 3 is 2.90 bits per heavy atom. The lowest BCUT2D eigenvalue weighted by molar-refractivity contribution is 0.0610. The Balaban J connectivity index is 1.32. The Morgan fingerprint density at radius 1 is 1.30 bits per heavy atom. The molecule has 2 aromatic rings. The number of likely N-dealkylation sites (tertiary alicyclic amines) is 1. The minimum atomic E-state index is 0.0201. The van der Waals surface area contributed by atoms with Crippen LogP contribution in [0.25, 0.3) is 0 Å². The van der Waals surface area contributed by atoms with E-state index < -0.39 is 0 Å². The third kappa shape index (κ3) is 3.36. The summed E-state index contributed by atoms with van der Waals surface area (Å²) in [6, 6.07) is 5.45. The first-order chi connectivity index (χ1) is 14.5. The van der Waals surface area contributed by atoms with Gasteiger partial charge < -0.3 is 20.1 Å². The van der Waals surface area contributed by atoms with E-state index in [9.17, 15) is 4.79 Å². The summed E-state index contributed by atoms with van der Waals surface area (Å²) in [7, 11) is 1.61. The number of methoxy groups -OCH3 is 1. The number of amides is 1. The largest absolute Gasteiger partial charge is 0.481 e. The molecule has 0 aromatic carbocycles. The number of anilines is 1. The van der Waals surface area contributed by atoms with Crippen molar-refractivity contribution in [2.45, 2.75) is 51.0 Å². The Bertz CT molecular complexity index is 990. The molecule has 1 spiro atoms. The molecule has 2 atom stereocenters. The molecule has 158 valence electrons. The zero-order chi connectivity index (χ0) is 20.9. The number of piperidine rings is 1. The second-order valence-corrected chi connectivity index (χ2v) is 8.89. The number of carbonyl (C=O) groups is 1. The van der Waals surface area contributed by atoms with Crippen LogP contribution in [0.3, 0.4) is 0 Å². The zero-order valence-electron chi connectivity index (χ0n) is 17.6. The molecule has 3 fully saturated rings. The van der Waals surface area contributed by atoms with E-state index in [2.05, 4.69) is 9.97 Å². The van der Waals surface area contributed by atoms with Gasteiger partial charge in [-0.25, -0.2) is 9.97 Å². The van der Waals surface area contributed by atoms with Crippen LogP contribution < -0.4 is 15.2 Å². The van der Waals surface area contributed by atoms with E-state index in [1.807, 2.05) is 17.9 Å². The van der Waals surface area contributed by atoms with Crippen LogP contribution in [0.15, 0.2) is 24.4 Å². The topological polar surface area (TPSA) is 90.6 Å². The van der Waals surface area contributed by atoms with Gasteiger partial charge >= 0.3 is 0 Å². The highest BCUT2D eigenvalue weighted by atomic mass is 16.5. The van der Waals surface area contributed by atoms with Crippen LogP contribution in [0, 0.1) is 12.3 Å². The normalized spacial score (nSPS) is 25.3. The van der Waals surface area contributed by atoms with Gasteiger partial charge in [0.05, 0.1) is 18.4 Å². The summed E-state index contributed by atoms with van der Waals surface area (Å²) in [6.45, 7) is 3.42. The second-order valence-electron chi connectivity index (χ2n) is 8.89. The van der Waals surface area contributed by atoms with Crippen LogP contribution in [-0.4, -0.2) is 47.1 Å². The molecular weight excluding hydrogens is 380 g/mol. The zero-order valence-corrected chi connectivity index (χ0v) is 17.6. The second kappa shape index (κ2) is 7.15. The molecule has 1 amide bonds. The first-order valence-electron chi connectivity index (χ1n) is 10.7. The van der Waals surface area contributed by atoms with Gasteiger partial charge in [0.15, 0.2) is 0 Å². The fourth-order valence-electron chi connectivity index (χ4n) is 4.61. The fraction of sp³-hybridized carbons (Fsp3) is 0.522. The molecule has 7 heteroatoms. The predicted octanol–water partition coefficient (Wildman–Crippen LogP) is 3.33. The lowest BCUT2D eigenvalue weighted by atomic mass is 9.93. The fourth-order valence-corrected chi connectivity index (χ4v) is 4.61. The molecule has 3 aliphatic rings. The first-order valence-corrected chi connectivity index (χ1v) is 10.7. The molecule has 2 saturated carbocycles. The number of ether oxygens (including phenoxy) is 2. The maximum atomic E-state index is 13.4. The Labute approximate surface area is 176 Å². The van der Waals surface area contributed by atoms with Crippen molar-refractivity contribution in [3.05, 3.63) is 41.2 Å². The van der Waals surface area contributed by atoms with E-state index >= 15 is 0 Å². The van der Waals surface area contributed by atoms with Crippen molar-refractivity contribution in [2.75, 3.05) is 25.9 Å². The van der Waals surface area contributed by atoms with Crippen molar-refractivity contribution < 1.29 is 14.3 Å². The number of nitrogens with zero attached hydrogens (tertiary/aromatic N) is 3. The van der Waals surface area contributed by atoms with E-state index in [0.29, 0.717) is 29.9 Å². The van der Waals surface area contributed by atoms with Gasteiger partial charge in [0, 0.05) is 47.9 Å². The molecule has 2 aliphatic carbocycles. The summed E-state index contributed by atoms with van der Waals surface area (Å²) in [5.41, 5.74) is 9.19. The van der Waals surface area contributed by atoms with Crippen molar-refractivity contribution in [1.82, 2.24) is 14.9 Å². The number of rotatable bonds is 5. The quantitative estimate of drug-likeness (QED) is 0.816. The summed E-state index contributed by atoms with van der Waals surface area (Å²) >= 11 is 0. The standard InChI is InChI=1S/C23H28N4O3/c1-14-17(24)8-10-25-21(14)30-18-12-23(18)9-3-11-27(13-23)22(28)16-6-7-19(29-2)26-20(16)15-4-5-15/h6-8,10,15,18H,3-5,9,11-13H2,1-2H3,(H2,24,25). The summed E-state index contributed by atoms with van der Waals surface area (Å²) in [4.78, 5) is 24.3. The van der Waals surface area contributed by atoms with Crippen molar-refractivity contribution in [1.29, 1.82) is 0 Å². The molecule has 7 nitrogen and oxygen atoms in total. The monoisotopic (exact) mass is 408 g/mol. The molecule has 1 aliphatic heterocycles. The van der Waals surface area contributed by atoms with Crippen LogP contribution in [-0.2, 0) is 0 Å². The number of nitrogens with two attached hydrogens (primary N) is 1. The minimum absolute atomic E-state index is 0.0201. The number of hydrogen-bond donors (Lipinski definition) is 1. The first kappa shape index (κ1) is 19.2. The van der Waals surface area contributed by atoms with Gasteiger partial charge in [-0.2, -0.15) is 0 Å². The minimum Gasteiger partial charge on any atom is -0.481 e. The molecule has 2 aromatic heterocycles. The Morgan fingerprint density at radius 2 is 2.13 bits per heavy atom. The highest BCUT2D eigenvalue weighted by Crippen LogP contribution is 2.54. The van der Waals surface area contributed by atoms with Gasteiger partial charge in [-0.15, -0.1) is 0 Å². The highest BCUT2D eigenvalue weighted by Gasteiger charge is 2.59. The third-order valence-corrected chi connectivity index (χ3v) is 6.77. The molecule has 1 saturated heterocycles. The predicted molar refractivity (Wildman–Crippen MR) is 113 cm³/mol. The van der Waals surface area contributed by atoms with Crippen molar-refractivity contribution in [3.8, 4) is 11.8 Å². The SMILES string of the molecule is COc1ccc(C(=O)N2CCCC3(CC3Oc3nccc(N)c3C)C2)c(C2CC2)n1. The van der Waals surface area contributed by atoms with Crippen LogP contribution in [0.5, 0.6) is 11.8 Å². The molecule has 30 heavy (non-hydrogen) atoms. The van der Waals surface area contributed by atoms with Crippen LogP contribution in [0.1, 0.15) is 59.6 Å². The van der Waals surface area contributed by atoms with Gasteiger partial charge in [0.2, 0.25) is 11.8 Å². The number of carbonyl (C=O) groups excluding carboxylic acids is 1. The Hall–Kier alpha value is -2.83. The molecular formula is C23H28N4O3. The van der Waals surface area contributed by atoms with Crippen LogP contribution in [0.4, 0.5) is 5.69 Å². The lowest BCUT2D eigenvalue weighted by Gasteiger charge is -2.34. The maximum absolute atomic E-state index is 13.4. The van der Waals surface area contributed by atoms with E-state index in [1.165, 1.54) is 0 Å². The van der Waals surface area contributed by atoms with Crippen LogP contribution in [0.2, 0.25) is 0 Å². The van der Waals surface area contributed by atoms with E-state index in [-0.39, 0.29) is 17.4 Å². The molecule has 0 radical (unpaired) electrons. The Kier molecular flexibility index (Phi) is 4.56. The number of aromatic nitrogens is 2. The van der Waals surface area contributed by atoms with E-state index in [1.54, 1.807) is 25.4 Å². The molecule has 2 N–H and O–H groups in total. The summed E-state index contributed by atoms with van der Waals surface area (Å²) < 4.78 is 11.5. The smallest absolute Gasteiger partial charge is 0.255 e. The lowest BCUT2D eigenvalue weighted by Crippen LogP contribution is -2.42. The van der Waals surface area contributed by atoms with Crippen LogP contribution >= 0.6 is 0 Å². The summed E-state index contributed by atoms with van der Waals surface area (Å²) in [5.74, 6) is 1.64. The van der Waals surface area contributed by atoms with Crippen molar-refractivity contribution in [2.24, 2.45) is 5.41 Å². The van der Waals surface area contributed by atoms with Crippen molar-refractivity contribution in [3.63, 3.8) is 0 Å². The number of hydrogen-bond acceptors (Lipinski definition) is 6. The molecule has 2 unspecified atom stereocenters. The number of nitrogen functional groups attached to an aromatic ring is 1. The van der Waals surface area contributed by atoms with Crippen molar-refractivity contribution >= 4 is 11.6 Å². The highest BCUT2D eigenvalue weighted by molar-refractivity contribution is 5.95. The van der Waals surface area contributed by atoms with Gasteiger partial charge in [-0.1, -0.05) is 0 Å². The van der Waals surface area contributed by atoms with Gasteiger partial charge in [-0.05, 0) is 51.2 Å². The summed E-state index contributed by atoms with van der Waals surface area (Å²) in [5, 5.41) is 0. The average molecular weight is 409 g/mol. The van der Waals surface area contributed by atoms with Gasteiger partial charge in [-0.3, -0.25) is 4.79 Å². The van der Waals surface area contributed by atoms with E-state index in [0.717, 1.165) is 55.5 Å². The molecule has 0 bridgehead atoms. The van der Waals surface area contributed by atoms with Gasteiger partial charge in [0.1, 0.15) is 6.10 Å². The van der Waals surface area contributed by atoms with Gasteiger partial charge in [0.25, 0.3) is 5.91 Å². The third-order valence-electron chi connectivity index (χ3n) is 6.77. The molecule has 3 heterocycles. The average Bonchev–Trinajstić information content (AvgIpc) is 3.69.